The summed E-state index contributed by atoms with van der Waals surface area (Å²) >= 11 is 6.79. The van der Waals surface area contributed by atoms with E-state index in [2.05, 4.69) is 42.2 Å². The molecule has 0 unspecified atom stereocenters. The third-order valence-electron chi connectivity index (χ3n) is 3.03. The molecule has 21 heavy (non-hydrogen) atoms. The molecule has 0 bridgehead atoms. The molecule has 0 aliphatic heterocycles. The molecule has 0 saturated carbocycles. The third kappa shape index (κ3) is 3.31. The fraction of sp³-hybridized carbons (Fsp3) is 0. The van der Waals surface area contributed by atoms with E-state index in [1.165, 1.54) is 0 Å². The minimum atomic E-state index is -0.176. The van der Waals surface area contributed by atoms with Crippen LogP contribution in [-0.4, -0.2) is 10.9 Å². The van der Waals surface area contributed by atoms with Crippen LogP contribution in [-0.2, 0) is 0 Å². The van der Waals surface area contributed by atoms with Crippen molar-refractivity contribution in [2.75, 3.05) is 5.32 Å². The molecule has 0 saturated heterocycles. The highest BCUT2D eigenvalue weighted by Crippen LogP contribution is 2.21. The molecule has 1 amide bonds. The number of benzene rings is 2. The fourth-order valence-corrected chi connectivity index (χ4v) is 2.73. The van der Waals surface area contributed by atoms with Crippen molar-refractivity contribution in [2.45, 2.75) is 0 Å². The van der Waals surface area contributed by atoms with Crippen molar-refractivity contribution in [3.05, 3.63) is 69.2 Å². The number of carbonyl (C=O) groups excluding carboxylic acids is 1. The number of amides is 1. The summed E-state index contributed by atoms with van der Waals surface area (Å²) in [4.78, 5) is 16.4. The zero-order valence-corrected chi connectivity index (χ0v) is 14.0. The van der Waals surface area contributed by atoms with E-state index in [1.807, 2.05) is 42.5 Å². The van der Waals surface area contributed by atoms with Gasteiger partial charge < -0.3 is 5.32 Å². The van der Waals surface area contributed by atoms with Gasteiger partial charge in [0.25, 0.3) is 5.91 Å². The van der Waals surface area contributed by atoms with Crippen LogP contribution in [0.15, 0.2) is 63.7 Å². The third-order valence-corrected chi connectivity index (χ3v) is 4.01. The molecular formula is C16H10Br2N2O. The molecule has 1 N–H and O–H groups in total. The highest BCUT2D eigenvalue weighted by atomic mass is 79.9. The second-order valence-electron chi connectivity index (χ2n) is 4.52. The number of hydrogen-bond donors (Lipinski definition) is 1. The van der Waals surface area contributed by atoms with Crippen LogP contribution < -0.4 is 5.32 Å². The van der Waals surface area contributed by atoms with Gasteiger partial charge in [0, 0.05) is 20.7 Å². The molecule has 1 heterocycles. The molecular weight excluding hydrogens is 396 g/mol. The summed E-state index contributed by atoms with van der Waals surface area (Å²) in [6.45, 7) is 0. The van der Waals surface area contributed by atoms with Gasteiger partial charge in [-0.25, -0.2) is 4.98 Å². The Morgan fingerprint density at radius 3 is 2.43 bits per heavy atom. The molecule has 0 radical (unpaired) electrons. The van der Waals surface area contributed by atoms with E-state index < -0.39 is 0 Å². The SMILES string of the molecule is O=C(Nc1cc(Br)ccn1)c1ccc2cc(Br)ccc2c1. The number of nitrogens with one attached hydrogen (secondary N) is 1. The van der Waals surface area contributed by atoms with Crippen LogP contribution in [0.25, 0.3) is 10.8 Å². The number of halogens is 2. The van der Waals surface area contributed by atoms with Gasteiger partial charge in [-0.1, -0.05) is 44.0 Å². The lowest BCUT2D eigenvalue weighted by Gasteiger charge is -2.06. The molecule has 0 aliphatic carbocycles. The van der Waals surface area contributed by atoms with E-state index in [9.17, 15) is 4.79 Å². The predicted octanol–water partition coefficient (Wildman–Crippen LogP) is 5.01. The number of pyridine rings is 1. The van der Waals surface area contributed by atoms with Gasteiger partial charge in [-0.3, -0.25) is 4.79 Å². The summed E-state index contributed by atoms with van der Waals surface area (Å²) in [5, 5.41) is 4.89. The fourth-order valence-electron chi connectivity index (χ4n) is 2.02. The first kappa shape index (κ1) is 14.2. The van der Waals surface area contributed by atoms with Crippen LogP contribution in [0.2, 0.25) is 0 Å². The van der Waals surface area contributed by atoms with Crippen LogP contribution in [0.5, 0.6) is 0 Å². The van der Waals surface area contributed by atoms with E-state index in [0.29, 0.717) is 11.4 Å². The van der Waals surface area contributed by atoms with Crippen molar-refractivity contribution in [1.82, 2.24) is 4.98 Å². The number of aromatic nitrogens is 1. The smallest absolute Gasteiger partial charge is 0.256 e. The summed E-state index contributed by atoms with van der Waals surface area (Å²) < 4.78 is 1.89. The highest BCUT2D eigenvalue weighted by Gasteiger charge is 2.08. The quantitative estimate of drug-likeness (QED) is 0.650. The summed E-state index contributed by atoms with van der Waals surface area (Å²) in [6, 6.07) is 15.1. The highest BCUT2D eigenvalue weighted by molar-refractivity contribution is 9.10. The minimum absolute atomic E-state index is 0.176. The summed E-state index contributed by atoms with van der Waals surface area (Å²) in [5.41, 5.74) is 0.603. The molecule has 0 atom stereocenters. The minimum Gasteiger partial charge on any atom is -0.307 e. The average Bonchev–Trinajstić information content (AvgIpc) is 2.46. The first-order chi connectivity index (χ1) is 10.1. The van der Waals surface area contributed by atoms with Crippen molar-refractivity contribution >= 4 is 54.4 Å². The van der Waals surface area contributed by atoms with Crippen molar-refractivity contribution in [2.24, 2.45) is 0 Å². The maximum atomic E-state index is 12.3. The van der Waals surface area contributed by atoms with Gasteiger partial charge in [0.05, 0.1) is 0 Å². The summed E-state index contributed by atoms with van der Waals surface area (Å²) in [5.74, 6) is 0.343. The van der Waals surface area contributed by atoms with Crippen molar-refractivity contribution in [3.8, 4) is 0 Å². The van der Waals surface area contributed by atoms with Crippen molar-refractivity contribution in [1.29, 1.82) is 0 Å². The Morgan fingerprint density at radius 1 is 0.905 bits per heavy atom. The van der Waals surface area contributed by atoms with Gasteiger partial charge in [0.2, 0.25) is 0 Å². The van der Waals surface area contributed by atoms with E-state index in [1.54, 1.807) is 12.3 Å². The molecule has 3 aromatic rings. The lowest BCUT2D eigenvalue weighted by Crippen LogP contribution is -2.12. The van der Waals surface area contributed by atoms with Gasteiger partial charge in [0.1, 0.15) is 5.82 Å². The van der Waals surface area contributed by atoms with Crippen LogP contribution >= 0.6 is 31.9 Å². The van der Waals surface area contributed by atoms with Crippen LogP contribution in [0.3, 0.4) is 0 Å². The van der Waals surface area contributed by atoms with E-state index in [-0.39, 0.29) is 5.91 Å². The van der Waals surface area contributed by atoms with Crippen molar-refractivity contribution < 1.29 is 4.79 Å². The zero-order chi connectivity index (χ0) is 14.8. The number of carbonyl (C=O) groups is 1. The van der Waals surface area contributed by atoms with Gasteiger partial charge in [-0.2, -0.15) is 0 Å². The molecule has 3 rings (SSSR count). The molecule has 1 aromatic heterocycles. The zero-order valence-electron chi connectivity index (χ0n) is 10.8. The molecule has 3 nitrogen and oxygen atoms in total. The Balaban J connectivity index is 1.89. The van der Waals surface area contributed by atoms with E-state index >= 15 is 0 Å². The van der Waals surface area contributed by atoms with Gasteiger partial charge in [-0.15, -0.1) is 0 Å². The first-order valence-corrected chi connectivity index (χ1v) is 7.83. The maximum Gasteiger partial charge on any atom is 0.256 e. The molecule has 0 spiro atoms. The second-order valence-corrected chi connectivity index (χ2v) is 6.35. The molecule has 5 heteroatoms. The summed E-state index contributed by atoms with van der Waals surface area (Å²) in [6.07, 6.45) is 1.64. The number of fused-ring (bicyclic) bond motifs is 1. The Bertz CT molecular complexity index is 833. The topological polar surface area (TPSA) is 42.0 Å². The lowest BCUT2D eigenvalue weighted by molar-refractivity contribution is 0.102. The van der Waals surface area contributed by atoms with Crippen molar-refractivity contribution in [3.63, 3.8) is 0 Å². The first-order valence-electron chi connectivity index (χ1n) is 6.24. The molecule has 2 aromatic carbocycles. The maximum absolute atomic E-state index is 12.3. The number of rotatable bonds is 2. The van der Waals surface area contributed by atoms with Gasteiger partial charge >= 0.3 is 0 Å². The van der Waals surface area contributed by atoms with E-state index in [0.717, 1.165) is 19.7 Å². The van der Waals surface area contributed by atoms with Gasteiger partial charge in [-0.05, 0) is 47.2 Å². The lowest BCUT2D eigenvalue weighted by atomic mass is 10.1. The van der Waals surface area contributed by atoms with Crippen LogP contribution in [0.1, 0.15) is 10.4 Å². The van der Waals surface area contributed by atoms with Crippen LogP contribution in [0.4, 0.5) is 5.82 Å². The standard InChI is InChI=1S/C16H10Br2N2O/c17-13-4-3-10-7-12(2-1-11(10)8-13)16(21)20-15-9-14(18)5-6-19-15/h1-9H,(H,19,20,21). The number of hydrogen-bond acceptors (Lipinski definition) is 2. The van der Waals surface area contributed by atoms with E-state index in [4.69, 9.17) is 0 Å². The van der Waals surface area contributed by atoms with Crippen LogP contribution in [0, 0.1) is 0 Å². The number of anilines is 1. The molecule has 0 aliphatic rings. The second kappa shape index (κ2) is 5.95. The number of nitrogens with zero attached hydrogens (tertiary/aromatic N) is 1. The average molecular weight is 406 g/mol. The molecule has 104 valence electrons. The Kier molecular flexibility index (Phi) is 4.03. The largest absolute Gasteiger partial charge is 0.307 e. The summed E-state index contributed by atoms with van der Waals surface area (Å²) in [7, 11) is 0. The Labute approximate surface area is 138 Å². The Hall–Kier alpha value is -1.72. The monoisotopic (exact) mass is 404 g/mol. The predicted molar refractivity (Wildman–Crippen MR) is 91.5 cm³/mol. The Morgan fingerprint density at radius 2 is 1.62 bits per heavy atom. The molecule has 0 fully saturated rings. The van der Waals surface area contributed by atoms with Gasteiger partial charge in [0.15, 0.2) is 0 Å². The normalized spacial score (nSPS) is 10.6.